The molecule has 116 valence electrons. The second kappa shape index (κ2) is 5.05. The molecule has 0 bridgehead atoms. The monoisotopic (exact) mass is 294 g/mol. The summed E-state index contributed by atoms with van der Waals surface area (Å²) in [6.07, 6.45) is 13.8. The Kier molecular flexibility index (Phi) is 3.26. The highest BCUT2D eigenvalue weighted by Gasteiger charge is 2.53. The number of rotatable bonds is 0. The zero-order valence-electron chi connectivity index (χ0n) is 13.7. The van der Waals surface area contributed by atoms with Crippen molar-refractivity contribution in [3.8, 4) is 11.8 Å². The first-order valence-corrected chi connectivity index (χ1v) is 8.90. The van der Waals surface area contributed by atoms with Crippen LogP contribution in [0.3, 0.4) is 0 Å². The van der Waals surface area contributed by atoms with Crippen LogP contribution < -0.4 is 0 Å². The number of hydrogen-bond donors (Lipinski definition) is 1. The maximum Gasteiger partial charge on any atom is 0.123 e. The van der Waals surface area contributed by atoms with Gasteiger partial charge in [-0.1, -0.05) is 36.0 Å². The minimum absolute atomic E-state index is 0.348. The van der Waals surface area contributed by atoms with Crippen molar-refractivity contribution in [3.63, 3.8) is 0 Å². The Morgan fingerprint density at radius 2 is 2.09 bits per heavy atom. The summed E-state index contributed by atoms with van der Waals surface area (Å²) in [4.78, 5) is 0. The number of aliphatic hydroxyl groups excluding tert-OH is 1. The van der Waals surface area contributed by atoms with E-state index in [0.29, 0.717) is 23.0 Å². The molecular weight excluding hydrogens is 268 g/mol. The van der Waals surface area contributed by atoms with Crippen LogP contribution in [0.1, 0.15) is 52.4 Å². The predicted molar refractivity (Wildman–Crippen MR) is 90.1 cm³/mol. The van der Waals surface area contributed by atoms with Crippen molar-refractivity contribution in [1.29, 1.82) is 0 Å². The molecule has 3 saturated carbocycles. The molecule has 4 aliphatic carbocycles. The first-order valence-electron chi connectivity index (χ1n) is 8.90. The summed E-state index contributed by atoms with van der Waals surface area (Å²) in [6, 6.07) is 0. The van der Waals surface area contributed by atoms with E-state index < -0.39 is 0 Å². The van der Waals surface area contributed by atoms with Crippen molar-refractivity contribution in [3.05, 3.63) is 35.1 Å². The van der Waals surface area contributed by atoms with Gasteiger partial charge >= 0.3 is 0 Å². The van der Waals surface area contributed by atoms with Gasteiger partial charge in [0, 0.05) is 12.0 Å². The summed E-state index contributed by atoms with van der Waals surface area (Å²) < 4.78 is 0. The Bertz CT molecular complexity index is 639. The van der Waals surface area contributed by atoms with Crippen molar-refractivity contribution in [2.24, 2.45) is 29.1 Å². The van der Waals surface area contributed by atoms with Gasteiger partial charge < -0.3 is 5.11 Å². The molecule has 0 radical (unpaired) electrons. The van der Waals surface area contributed by atoms with E-state index in [9.17, 15) is 5.11 Å². The van der Waals surface area contributed by atoms with Crippen LogP contribution in [0.5, 0.6) is 0 Å². The molecule has 4 rings (SSSR count). The summed E-state index contributed by atoms with van der Waals surface area (Å²) in [5.41, 5.74) is 3.55. The van der Waals surface area contributed by atoms with Crippen molar-refractivity contribution in [2.75, 3.05) is 0 Å². The van der Waals surface area contributed by atoms with Crippen molar-refractivity contribution >= 4 is 0 Å². The van der Waals surface area contributed by atoms with Crippen LogP contribution in [-0.4, -0.2) is 5.11 Å². The van der Waals surface area contributed by atoms with Gasteiger partial charge in [0.05, 0.1) is 0 Å². The lowest BCUT2D eigenvalue weighted by Gasteiger charge is -2.51. The van der Waals surface area contributed by atoms with Gasteiger partial charge in [0.25, 0.3) is 0 Å². The number of aliphatic hydroxyl groups is 1. The molecule has 5 unspecified atom stereocenters. The quantitative estimate of drug-likeness (QED) is 0.482. The Labute approximate surface area is 134 Å². The van der Waals surface area contributed by atoms with Crippen molar-refractivity contribution in [1.82, 2.24) is 0 Å². The van der Waals surface area contributed by atoms with Gasteiger partial charge in [-0.05, 0) is 74.7 Å². The predicted octanol–water partition coefficient (Wildman–Crippen LogP) is 5.17. The fraction of sp³-hybridized carbons (Fsp3) is 0.619. The maximum absolute atomic E-state index is 9.86. The van der Waals surface area contributed by atoms with Gasteiger partial charge in [-0.3, -0.25) is 0 Å². The van der Waals surface area contributed by atoms with Gasteiger partial charge in [0.15, 0.2) is 0 Å². The molecule has 0 saturated heterocycles. The fourth-order valence-corrected chi connectivity index (χ4v) is 6.03. The lowest BCUT2D eigenvalue weighted by molar-refractivity contribution is 0.0291. The molecule has 0 aromatic rings. The molecule has 0 aromatic heterocycles. The molecule has 1 N–H and O–H groups in total. The molecule has 0 amide bonds. The van der Waals surface area contributed by atoms with Crippen LogP contribution in [0.4, 0.5) is 0 Å². The third-order valence-electron chi connectivity index (χ3n) is 7.08. The summed E-state index contributed by atoms with van der Waals surface area (Å²) >= 11 is 0. The zero-order valence-corrected chi connectivity index (χ0v) is 13.7. The van der Waals surface area contributed by atoms with Crippen LogP contribution in [0, 0.1) is 40.9 Å². The van der Waals surface area contributed by atoms with E-state index in [0.717, 1.165) is 18.3 Å². The van der Waals surface area contributed by atoms with Gasteiger partial charge in [0.2, 0.25) is 0 Å². The minimum atomic E-state index is 0.348. The number of hydrogen-bond acceptors (Lipinski definition) is 1. The van der Waals surface area contributed by atoms with Crippen LogP contribution in [0.25, 0.3) is 0 Å². The lowest BCUT2D eigenvalue weighted by atomic mass is 9.53. The Morgan fingerprint density at radius 3 is 2.91 bits per heavy atom. The first kappa shape index (κ1) is 14.2. The van der Waals surface area contributed by atoms with E-state index in [-0.39, 0.29) is 0 Å². The van der Waals surface area contributed by atoms with Gasteiger partial charge in [-0.2, -0.15) is 0 Å². The third-order valence-corrected chi connectivity index (χ3v) is 7.08. The standard InChI is InChI=1S/C21H26O/c1-3-15-8-10-20-19-9-7-14-13-16(22)5-4-6-17(14)18(19)11-12-21(15,20)2/h3,5,13,17-20,22H,7-12H2,1-2H3/b15-3-. The Morgan fingerprint density at radius 1 is 1.23 bits per heavy atom. The minimum Gasteiger partial charge on any atom is -0.507 e. The molecule has 4 aliphatic rings. The summed E-state index contributed by atoms with van der Waals surface area (Å²) in [5, 5.41) is 9.86. The molecule has 0 aliphatic heterocycles. The molecule has 5 atom stereocenters. The molecule has 1 nitrogen and oxygen atoms in total. The van der Waals surface area contributed by atoms with E-state index in [1.54, 1.807) is 11.6 Å². The summed E-state index contributed by atoms with van der Waals surface area (Å²) in [5.74, 6) is 9.68. The SMILES string of the molecule is C/C=C1/CCC2C3CCC4=CC(O)=CC#CC4C3CCC12C. The smallest absolute Gasteiger partial charge is 0.123 e. The second-order valence-corrected chi connectivity index (χ2v) is 7.84. The highest BCUT2D eigenvalue weighted by atomic mass is 16.3. The molecule has 22 heavy (non-hydrogen) atoms. The summed E-state index contributed by atoms with van der Waals surface area (Å²) in [7, 11) is 0. The fourth-order valence-electron chi connectivity index (χ4n) is 6.03. The maximum atomic E-state index is 9.86. The second-order valence-electron chi connectivity index (χ2n) is 7.84. The van der Waals surface area contributed by atoms with Crippen LogP contribution >= 0.6 is 0 Å². The molecule has 1 heteroatoms. The first-order chi connectivity index (χ1) is 10.6. The van der Waals surface area contributed by atoms with Gasteiger partial charge in [-0.15, -0.1) is 0 Å². The van der Waals surface area contributed by atoms with Gasteiger partial charge in [-0.25, -0.2) is 0 Å². The lowest BCUT2D eigenvalue weighted by Crippen LogP contribution is -2.44. The average molecular weight is 294 g/mol. The third kappa shape index (κ3) is 1.93. The Hall–Kier alpha value is -1.42. The normalized spacial score (nSPS) is 44.7. The van der Waals surface area contributed by atoms with E-state index in [2.05, 4.69) is 31.8 Å². The molecular formula is C21H26O. The molecule has 0 heterocycles. The van der Waals surface area contributed by atoms with E-state index in [1.165, 1.54) is 37.7 Å². The largest absolute Gasteiger partial charge is 0.507 e. The molecule has 0 spiro atoms. The van der Waals surface area contributed by atoms with Crippen molar-refractivity contribution < 1.29 is 5.11 Å². The topological polar surface area (TPSA) is 20.2 Å². The van der Waals surface area contributed by atoms with Crippen LogP contribution in [-0.2, 0) is 0 Å². The molecule has 0 aromatic carbocycles. The van der Waals surface area contributed by atoms with E-state index in [1.807, 2.05) is 6.08 Å². The Balaban J connectivity index is 1.67. The van der Waals surface area contributed by atoms with E-state index >= 15 is 0 Å². The van der Waals surface area contributed by atoms with Gasteiger partial charge in [0.1, 0.15) is 5.76 Å². The van der Waals surface area contributed by atoms with Crippen LogP contribution in [0.2, 0.25) is 0 Å². The van der Waals surface area contributed by atoms with Crippen molar-refractivity contribution in [2.45, 2.75) is 52.4 Å². The molecule has 3 fully saturated rings. The summed E-state index contributed by atoms with van der Waals surface area (Å²) in [6.45, 7) is 4.75. The van der Waals surface area contributed by atoms with Crippen LogP contribution in [0.15, 0.2) is 35.1 Å². The highest BCUT2D eigenvalue weighted by Crippen LogP contribution is 2.62. The zero-order chi connectivity index (χ0) is 15.3. The average Bonchev–Trinajstić information content (AvgIpc) is 2.72. The van der Waals surface area contributed by atoms with E-state index in [4.69, 9.17) is 0 Å². The highest BCUT2D eigenvalue weighted by molar-refractivity contribution is 5.38. The number of fused-ring (bicyclic) bond motifs is 5. The number of allylic oxidation sites excluding steroid dienone is 5.